The molecule has 1 heterocycles. The summed E-state index contributed by atoms with van der Waals surface area (Å²) in [5.41, 5.74) is 6.47. The summed E-state index contributed by atoms with van der Waals surface area (Å²) in [6, 6.07) is 0. The van der Waals surface area contributed by atoms with Crippen LogP contribution in [0.2, 0.25) is 0 Å². The predicted octanol–water partition coefficient (Wildman–Crippen LogP) is 1.11. The average molecular weight is 232 g/mol. The first-order valence-electron chi connectivity index (χ1n) is 4.83. The van der Waals surface area contributed by atoms with Gasteiger partial charge < -0.3 is 11.1 Å². The van der Waals surface area contributed by atoms with E-state index >= 15 is 0 Å². The topological polar surface area (TPSA) is 83.8 Å². The molecule has 90 valence electrons. The van der Waals surface area contributed by atoms with Gasteiger partial charge in [0.2, 0.25) is 0 Å². The van der Waals surface area contributed by atoms with E-state index in [4.69, 9.17) is 5.73 Å². The van der Waals surface area contributed by atoms with Gasteiger partial charge in [0, 0.05) is 0 Å². The molecular weight excluding hydrogens is 218 g/mol. The Kier molecular flexibility index (Phi) is 3.81. The summed E-state index contributed by atoms with van der Waals surface area (Å²) in [6.45, 7) is 3.05. The molecule has 0 aromatic carbocycles. The Bertz CT molecular complexity index is 376. The first kappa shape index (κ1) is 12.4. The van der Waals surface area contributed by atoms with Crippen molar-refractivity contribution in [3.05, 3.63) is 11.4 Å². The number of alkyl halides is 2. The van der Waals surface area contributed by atoms with E-state index in [1.165, 1.54) is 0 Å². The summed E-state index contributed by atoms with van der Waals surface area (Å²) in [5, 5.41) is 8.37. The van der Waals surface area contributed by atoms with E-state index in [0.717, 1.165) is 0 Å². The molecular formula is C9H14F2N4O. The molecule has 1 amide bonds. The van der Waals surface area contributed by atoms with Crippen LogP contribution in [0.25, 0.3) is 0 Å². The van der Waals surface area contributed by atoms with Gasteiger partial charge >= 0.3 is 0 Å². The van der Waals surface area contributed by atoms with Crippen LogP contribution in [0.15, 0.2) is 0 Å². The van der Waals surface area contributed by atoms with E-state index in [1.54, 1.807) is 0 Å². The van der Waals surface area contributed by atoms with Gasteiger partial charge in [-0.1, -0.05) is 13.8 Å². The molecule has 1 aromatic heterocycles. The SMILES string of the molecule is CC(C)c1[nH]nc(C(=O)NCC(F)F)c1N. The Hall–Kier alpha value is -1.66. The molecule has 7 heteroatoms. The number of rotatable bonds is 4. The Balaban J connectivity index is 2.77. The number of carbonyl (C=O) groups is 1. The van der Waals surface area contributed by atoms with E-state index in [2.05, 4.69) is 10.2 Å². The van der Waals surface area contributed by atoms with Gasteiger partial charge in [-0.2, -0.15) is 5.10 Å². The molecule has 0 aliphatic rings. The second-order valence-corrected chi connectivity index (χ2v) is 3.66. The summed E-state index contributed by atoms with van der Waals surface area (Å²) in [6.07, 6.45) is -2.59. The summed E-state index contributed by atoms with van der Waals surface area (Å²) in [4.78, 5) is 11.4. The van der Waals surface area contributed by atoms with E-state index in [-0.39, 0.29) is 17.3 Å². The zero-order chi connectivity index (χ0) is 12.3. The van der Waals surface area contributed by atoms with Gasteiger partial charge in [0.15, 0.2) is 5.69 Å². The molecule has 0 unspecified atom stereocenters. The molecule has 0 bridgehead atoms. The number of nitrogen functional groups attached to an aromatic ring is 1. The Labute approximate surface area is 91.4 Å². The molecule has 0 saturated heterocycles. The lowest BCUT2D eigenvalue weighted by molar-refractivity contribution is 0.0887. The van der Waals surface area contributed by atoms with Crippen LogP contribution >= 0.6 is 0 Å². The fraction of sp³-hybridized carbons (Fsp3) is 0.556. The minimum atomic E-state index is -2.59. The van der Waals surface area contributed by atoms with Crippen molar-refractivity contribution in [3.63, 3.8) is 0 Å². The number of halogens is 2. The fourth-order valence-corrected chi connectivity index (χ4v) is 1.23. The second kappa shape index (κ2) is 4.91. The van der Waals surface area contributed by atoms with Crippen LogP contribution in [0.3, 0.4) is 0 Å². The van der Waals surface area contributed by atoms with Crippen LogP contribution in [0.4, 0.5) is 14.5 Å². The van der Waals surface area contributed by atoms with Crippen molar-refractivity contribution in [2.45, 2.75) is 26.2 Å². The normalized spacial score (nSPS) is 11.1. The molecule has 0 saturated carbocycles. The third-order valence-electron chi connectivity index (χ3n) is 2.04. The third kappa shape index (κ3) is 2.68. The minimum Gasteiger partial charge on any atom is -0.395 e. The first-order chi connectivity index (χ1) is 7.43. The Morgan fingerprint density at radius 3 is 2.62 bits per heavy atom. The second-order valence-electron chi connectivity index (χ2n) is 3.66. The summed E-state index contributed by atoms with van der Waals surface area (Å²) < 4.78 is 23.7. The number of amides is 1. The number of H-pyrrole nitrogens is 1. The number of nitrogens with zero attached hydrogens (tertiary/aromatic N) is 1. The number of aromatic nitrogens is 2. The van der Waals surface area contributed by atoms with E-state index in [1.807, 2.05) is 19.2 Å². The van der Waals surface area contributed by atoms with Gasteiger partial charge in [-0.25, -0.2) is 8.78 Å². The maximum atomic E-state index is 11.9. The summed E-state index contributed by atoms with van der Waals surface area (Å²) in [7, 11) is 0. The third-order valence-corrected chi connectivity index (χ3v) is 2.04. The highest BCUT2D eigenvalue weighted by Crippen LogP contribution is 2.21. The molecule has 0 spiro atoms. The number of hydrogen-bond acceptors (Lipinski definition) is 3. The molecule has 1 rings (SSSR count). The van der Waals surface area contributed by atoms with Crippen LogP contribution in [0.5, 0.6) is 0 Å². The maximum absolute atomic E-state index is 11.9. The van der Waals surface area contributed by atoms with Gasteiger partial charge in [-0.15, -0.1) is 0 Å². The van der Waals surface area contributed by atoms with Crippen molar-refractivity contribution in [1.29, 1.82) is 0 Å². The van der Waals surface area contributed by atoms with Crippen molar-refractivity contribution in [1.82, 2.24) is 15.5 Å². The smallest absolute Gasteiger partial charge is 0.274 e. The number of hydrogen-bond donors (Lipinski definition) is 3. The van der Waals surface area contributed by atoms with Crippen LogP contribution in [0, 0.1) is 0 Å². The number of aromatic amines is 1. The highest BCUT2D eigenvalue weighted by molar-refractivity contribution is 5.97. The van der Waals surface area contributed by atoms with Crippen molar-refractivity contribution >= 4 is 11.6 Å². The lowest BCUT2D eigenvalue weighted by atomic mass is 10.1. The minimum absolute atomic E-state index is 0.0376. The average Bonchev–Trinajstić information content (AvgIpc) is 2.56. The van der Waals surface area contributed by atoms with Crippen LogP contribution in [-0.2, 0) is 0 Å². The molecule has 0 radical (unpaired) electrons. The lowest BCUT2D eigenvalue weighted by Gasteiger charge is -2.04. The molecule has 1 aromatic rings. The van der Waals surface area contributed by atoms with Crippen LogP contribution in [-0.4, -0.2) is 29.1 Å². The highest BCUT2D eigenvalue weighted by Gasteiger charge is 2.19. The number of nitrogens with one attached hydrogen (secondary N) is 2. The molecule has 0 fully saturated rings. The predicted molar refractivity (Wildman–Crippen MR) is 55.4 cm³/mol. The Morgan fingerprint density at radius 1 is 1.56 bits per heavy atom. The van der Waals surface area contributed by atoms with Crippen LogP contribution < -0.4 is 11.1 Å². The molecule has 0 atom stereocenters. The van der Waals surface area contributed by atoms with Crippen LogP contribution in [0.1, 0.15) is 35.9 Å². The summed E-state index contributed by atoms with van der Waals surface area (Å²) in [5.74, 6) is -0.606. The van der Waals surface area contributed by atoms with Crippen molar-refractivity contribution in [3.8, 4) is 0 Å². The fourth-order valence-electron chi connectivity index (χ4n) is 1.23. The number of anilines is 1. The largest absolute Gasteiger partial charge is 0.395 e. The highest BCUT2D eigenvalue weighted by atomic mass is 19.3. The molecule has 0 aliphatic carbocycles. The maximum Gasteiger partial charge on any atom is 0.274 e. The van der Waals surface area contributed by atoms with Crippen molar-refractivity contribution in [2.75, 3.05) is 12.3 Å². The van der Waals surface area contributed by atoms with Gasteiger partial charge in [0.1, 0.15) is 0 Å². The zero-order valence-corrected chi connectivity index (χ0v) is 9.05. The van der Waals surface area contributed by atoms with Gasteiger partial charge in [-0.05, 0) is 5.92 Å². The van der Waals surface area contributed by atoms with Gasteiger partial charge in [0.05, 0.1) is 17.9 Å². The lowest BCUT2D eigenvalue weighted by Crippen LogP contribution is -2.29. The van der Waals surface area contributed by atoms with Gasteiger partial charge in [-0.3, -0.25) is 9.89 Å². The standard InChI is InChI=1S/C9H14F2N4O/c1-4(2)7-6(12)8(15-14-7)9(16)13-3-5(10)11/h4-5H,3,12H2,1-2H3,(H,13,16)(H,14,15). The van der Waals surface area contributed by atoms with E-state index in [9.17, 15) is 13.6 Å². The number of carbonyl (C=O) groups excluding carboxylic acids is 1. The molecule has 0 aliphatic heterocycles. The zero-order valence-electron chi connectivity index (χ0n) is 9.05. The molecule has 16 heavy (non-hydrogen) atoms. The first-order valence-corrected chi connectivity index (χ1v) is 4.83. The molecule has 5 nitrogen and oxygen atoms in total. The van der Waals surface area contributed by atoms with E-state index in [0.29, 0.717) is 5.69 Å². The number of nitrogens with two attached hydrogens (primary N) is 1. The summed E-state index contributed by atoms with van der Waals surface area (Å²) >= 11 is 0. The van der Waals surface area contributed by atoms with Crippen molar-refractivity contribution < 1.29 is 13.6 Å². The molecule has 4 N–H and O–H groups in total. The monoisotopic (exact) mass is 232 g/mol. The van der Waals surface area contributed by atoms with Gasteiger partial charge in [0.25, 0.3) is 12.3 Å². The van der Waals surface area contributed by atoms with Crippen molar-refractivity contribution in [2.24, 2.45) is 0 Å². The van der Waals surface area contributed by atoms with E-state index < -0.39 is 18.9 Å². The Morgan fingerprint density at radius 2 is 2.19 bits per heavy atom. The quantitative estimate of drug-likeness (QED) is 0.727.